The molecule has 57 heavy (non-hydrogen) atoms. The van der Waals surface area contributed by atoms with Gasteiger partial charge in [0.2, 0.25) is 0 Å². The monoisotopic (exact) mass is 789 g/mol. The second-order valence-corrected chi connectivity index (χ2v) is 22.6. The molecule has 3 aromatic heterocycles. The number of aromatic nitrogens is 3. The molecule has 0 saturated carbocycles. The summed E-state index contributed by atoms with van der Waals surface area (Å²) in [5.41, 5.74) is 10.4. The van der Waals surface area contributed by atoms with Gasteiger partial charge in [0.05, 0.1) is 0 Å². The van der Waals surface area contributed by atoms with Crippen molar-refractivity contribution in [3.63, 3.8) is 0 Å². The molecule has 8 aromatic carbocycles. The topological polar surface area (TPSA) is 43.9 Å². The average molecular weight is 788 g/mol. The molecule has 266 valence electrons. The Morgan fingerprint density at radius 2 is 1.04 bits per heavy atom. The molecule has 12 rings (SSSR count). The zero-order valence-electron chi connectivity index (χ0n) is 30.8. The molecule has 0 spiro atoms. The summed E-state index contributed by atoms with van der Waals surface area (Å²) in [6, 6.07) is 72.2. The first-order valence-corrected chi connectivity index (χ1v) is 23.6. The Bertz CT molecular complexity index is 3300. The number of fused-ring (bicyclic) bond motifs is 10. The molecule has 4 heterocycles. The number of nitrogens with zero attached hydrogens (tertiary/aromatic N) is 3. The normalized spacial score (nSPS) is 13.1. The van der Waals surface area contributed by atoms with Gasteiger partial charge in [-0.05, 0) is 0 Å². The van der Waals surface area contributed by atoms with Crippen LogP contribution in [0.5, 0.6) is 0 Å². The second-order valence-electron chi connectivity index (χ2n) is 14.9. The summed E-state index contributed by atoms with van der Waals surface area (Å²) < 4.78 is 14.5. The Morgan fingerprint density at radius 1 is 0.456 bits per heavy atom. The predicted molar refractivity (Wildman–Crippen MR) is 237 cm³/mol. The number of para-hydroxylation sites is 2. The number of rotatable bonds is 5. The standard InChI is InChI=1S/C52H33GeN3O/c1-5-17-34(18-6-1)48-47-49(55-52(54-48)35-19-7-2-8-20-35)43-30-29-38(33-44(43)53(47,36-21-9-3-10-22-36)37-23-11-4-12-24-37)56-45-27-15-13-25-39(45)41-31-32-42-40-26-14-16-28-46(40)57-51(42)50(41)56/h1-33H. The molecule has 4 nitrogen and oxygen atoms in total. The van der Waals surface area contributed by atoms with Crippen molar-refractivity contribution in [3.05, 3.63) is 200 Å². The van der Waals surface area contributed by atoms with E-state index in [9.17, 15) is 0 Å². The third-order valence-electron chi connectivity index (χ3n) is 11.9. The SMILES string of the molecule is c1ccc(-c2nc(-c3ccccc3)[c]3c(n2)-c2ccc(-n4c5ccccc5c5ccc6c7ccccc7oc6c54)c[c]2[Ge]3([c]2ccccc2)[c]2ccccc2)cc1. The quantitative estimate of drug-likeness (QED) is 0.163. The van der Waals surface area contributed by atoms with Crippen molar-refractivity contribution in [2.45, 2.75) is 0 Å². The molecule has 0 saturated heterocycles. The first-order chi connectivity index (χ1) is 28.3. The van der Waals surface area contributed by atoms with E-state index in [0.29, 0.717) is 0 Å². The first kappa shape index (κ1) is 32.2. The van der Waals surface area contributed by atoms with E-state index in [-0.39, 0.29) is 0 Å². The molecule has 0 fully saturated rings. The van der Waals surface area contributed by atoms with Crippen LogP contribution in [0, 0.1) is 0 Å². The van der Waals surface area contributed by atoms with E-state index in [1.807, 2.05) is 12.1 Å². The molecule has 0 atom stereocenters. The van der Waals surface area contributed by atoms with E-state index >= 15 is 0 Å². The van der Waals surface area contributed by atoms with Crippen molar-refractivity contribution in [1.29, 1.82) is 0 Å². The fraction of sp³-hybridized carbons (Fsp3) is 0. The Balaban J connectivity index is 1.24. The zero-order valence-corrected chi connectivity index (χ0v) is 32.9. The third kappa shape index (κ3) is 4.62. The summed E-state index contributed by atoms with van der Waals surface area (Å²) >= 11 is -3.92. The molecule has 5 heteroatoms. The molecule has 0 aliphatic carbocycles. The fourth-order valence-electron chi connectivity index (χ4n) is 9.50. The molecule has 0 N–H and O–H groups in total. The average Bonchev–Trinajstić information content (AvgIpc) is 3.94. The van der Waals surface area contributed by atoms with Crippen LogP contribution >= 0.6 is 0 Å². The van der Waals surface area contributed by atoms with Crippen LogP contribution in [0.4, 0.5) is 0 Å². The van der Waals surface area contributed by atoms with Gasteiger partial charge >= 0.3 is 333 Å². The number of furan rings is 1. The molecule has 0 bridgehead atoms. The van der Waals surface area contributed by atoms with Crippen LogP contribution in [0.15, 0.2) is 205 Å². The maximum absolute atomic E-state index is 6.77. The van der Waals surface area contributed by atoms with Crippen LogP contribution < -0.4 is 17.6 Å². The van der Waals surface area contributed by atoms with Gasteiger partial charge in [0.15, 0.2) is 0 Å². The summed E-state index contributed by atoms with van der Waals surface area (Å²) in [5, 5.41) is 4.61. The molecular weight excluding hydrogens is 755 g/mol. The van der Waals surface area contributed by atoms with Crippen LogP contribution in [0.3, 0.4) is 0 Å². The van der Waals surface area contributed by atoms with Gasteiger partial charge in [-0.1, -0.05) is 0 Å². The Hall–Kier alpha value is -7.02. The predicted octanol–water partition coefficient (Wildman–Crippen LogP) is 10.2. The molecule has 0 radical (unpaired) electrons. The second kappa shape index (κ2) is 12.5. The summed E-state index contributed by atoms with van der Waals surface area (Å²) in [5.74, 6) is 0.734. The minimum absolute atomic E-state index is 0.734. The van der Waals surface area contributed by atoms with E-state index in [0.717, 1.165) is 67.0 Å². The molecule has 11 aromatic rings. The Kier molecular flexibility index (Phi) is 7.07. The Morgan fingerprint density at radius 3 is 1.75 bits per heavy atom. The van der Waals surface area contributed by atoms with Crippen LogP contribution in [0.1, 0.15) is 0 Å². The molecule has 1 aliphatic rings. The van der Waals surface area contributed by atoms with Gasteiger partial charge in [0.1, 0.15) is 0 Å². The number of hydrogen-bond donors (Lipinski definition) is 0. The van der Waals surface area contributed by atoms with E-state index in [1.165, 1.54) is 33.9 Å². The van der Waals surface area contributed by atoms with Gasteiger partial charge in [0.25, 0.3) is 0 Å². The van der Waals surface area contributed by atoms with Crippen molar-refractivity contribution in [2.75, 3.05) is 0 Å². The van der Waals surface area contributed by atoms with Gasteiger partial charge in [0, 0.05) is 0 Å². The summed E-state index contributed by atoms with van der Waals surface area (Å²) in [6.07, 6.45) is 0. The third-order valence-corrected chi connectivity index (χ3v) is 22.0. The minimum atomic E-state index is -3.92. The van der Waals surface area contributed by atoms with E-state index in [4.69, 9.17) is 14.4 Å². The van der Waals surface area contributed by atoms with E-state index in [2.05, 4.69) is 193 Å². The summed E-state index contributed by atoms with van der Waals surface area (Å²) in [4.78, 5) is 11.1. The molecule has 0 unspecified atom stereocenters. The molecule has 1 aliphatic heterocycles. The molecular formula is C52H33GeN3O. The van der Waals surface area contributed by atoms with E-state index in [1.54, 1.807) is 0 Å². The van der Waals surface area contributed by atoms with Gasteiger partial charge in [-0.25, -0.2) is 0 Å². The number of benzene rings is 8. The van der Waals surface area contributed by atoms with Crippen molar-refractivity contribution in [1.82, 2.24) is 14.5 Å². The first-order valence-electron chi connectivity index (χ1n) is 19.4. The van der Waals surface area contributed by atoms with Crippen LogP contribution in [0.25, 0.3) is 83.3 Å². The van der Waals surface area contributed by atoms with Crippen LogP contribution in [-0.2, 0) is 0 Å². The molecule has 0 amide bonds. The van der Waals surface area contributed by atoms with Crippen molar-refractivity contribution in [2.24, 2.45) is 0 Å². The Labute approximate surface area is 331 Å². The number of hydrogen-bond acceptors (Lipinski definition) is 3. The van der Waals surface area contributed by atoms with Gasteiger partial charge in [-0.15, -0.1) is 0 Å². The van der Waals surface area contributed by atoms with Crippen molar-refractivity contribution in [3.8, 4) is 39.6 Å². The van der Waals surface area contributed by atoms with E-state index < -0.39 is 13.3 Å². The fourth-order valence-corrected chi connectivity index (χ4v) is 20.5. The zero-order chi connectivity index (χ0) is 37.5. The summed E-state index contributed by atoms with van der Waals surface area (Å²) in [7, 11) is 0. The van der Waals surface area contributed by atoms with Crippen molar-refractivity contribution >= 4 is 74.6 Å². The van der Waals surface area contributed by atoms with Crippen LogP contribution in [-0.4, -0.2) is 27.8 Å². The van der Waals surface area contributed by atoms with Gasteiger partial charge in [-0.2, -0.15) is 0 Å². The summed E-state index contributed by atoms with van der Waals surface area (Å²) in [6.45, 7) is 0. The van der Waals surface area contributed by atoms with Crippen LogP contribution in [0.2, 0.25) is 0 Å². The maximum atomic E-state index is 6.77. The van der Waals surface area contributed by atoms with Gasteiger partial charge < -0.3 is 0 Å². The van der Waals surface area contributed by atoms with Crippen molar-refractivity contribution < 1.29 is 4.42 Å². The van der Waals surface area contributed by atoms with Gasteiger partial charge in [-0.3, -0.25) is 0 Å².